The Morgan fingerprint density at radius 2 is 2.08 bits per heavy atom. The third-order valence-electron chi connectivity index (χ3n) is 4.46. The van der Waals surface area contributed by atoms with Gasteiger partial charge in [0.25, 0.3) is 5.91 Å². The summed E-state index contributed by atoms with van der Waals surface area (Å²) in [5, 5.41) is 3.32. The molecular weight excluding hydrogens is 326 g/mol. The molecule has 3 rings (SSSR count). The lowest BCUT2D eigenvalue weighted by molar-refractivity contribution is 0.0677. The van der Waals surface area contributed by atoms with Crippen LogP contribution in [0.4, 0.5) is 11.4 Å². The van der Waals surface area contributed by atoms with Crippen LogP contribution < -0.4 is 10.1 Å². The maximum atomic E-state index is 12.6. The fourth-order valence-electron chi connectivity index (χ4n) is 3.21. The van der Waals surface area contributed by atoms with Crippen molar-refractivity contribution in [2.24, 2.45) is 5.92 Å². The summed E-state index contributed by atoms with van der Waals surface area (Å²) in [5.41, 5.74) is 2.21. The zero-order chi connectivity index (χ0) is 18.5. The molecule has 0 spiro atoms. The number of para-hydroxylation sites is 2. The molecule has 138 valence electrons. The molecule has 0 radical (unpaired) electrons. The van der Waals surface area contributed by atoms with Crippen molar-refractivity contribution in [1.82, 2.24) is 9.88 Å². The van der Waals surface area contributed by atoms with Gasteiger partial charge in [-0.3, -0.25) is 4.79 Å². The third-order valence-corrected chi connectivity index (χ3v) is 4.46. The van der Waals surface area contributed by atoms with Crippen molar-refractivity contribution in [2.45, 2.75) is 39.7 Å². The minimum atomic E-state index is 0.0200. The van der Waals surface area contributed by atoms with Gasteiger partial charge in [0.15, 0.2) is 0 Å². The lowest BCUT2D eigenvalue weighted by atomic mass is 10.00. The van der Waals surface area contributed by atoms with E-state index in [0.717, 1.165) is 36.6 Å². The highest BCUT2D eigenvalue weighted by Gasteiger charge is 2.22. The monoisotopic (exact) mass is 353 g/mol. The van der Waals surface area contributed by atoms with Gasteiger partial charge >= 0.3 is 0 Å². The first-order valence-corrected chi connectivity index (χ1v) is 9.31. The van der Waals surface area contributed by atoms with Crippen molar-refractivity contribution >= 4 is 17.3 Å². The Bertz CT molecular complexity index is 743. The number of likely N-dealkylation sites (tertiary alicyclic amines) is 1. The largest absolute Gasteiger partial charge is 0.489 e. The molecule has 1 aromatic heterocycles. The van der Waals surface area contributed by atoms with Gasteiger partial charge in [0, 0.05) is 13.1 Å². The zero-order valence-electron chi connectivity index (χ0n) is 15.7. The lowest BCUT2D eigenvalue weighted by Crippen LogP contribution is -2.39. The number of pyridine rings is 1. The van der Waals surface area contributed by atoms with Crippen LogP contribution in [0.15, 0.2) is 42.6 Å². The summed E-state index contributed by atoms with van der Waals surface area (Å²) in [5.74, 6) is 1.38. The molecule has 1 amide bonds. The second-order valence-corrected chi connectivity index (χ2v) is 7.22. The summed E-state index contributed by atoms with van der Waals surface area (Å²) in [6, 6.07) is 11.5. The van der Waals surface area contributed by atoms with E-state index in [-0.39, 0.29) is 12.0 Å². The van der Waals surface area contributed by atoms with E-state index in [1.54, 1.807) is 12.3 Å². The minimum absolute atomic E-state index is 0.0200. The normalized spacial score (nSPS) is 17.2. The van der Waals surface area contributed by atoms with Crippen LogP contribution in [0.2, 0.25) is 0 Å². The molecular formula is C21H27N3O2. The molecule has 1 fully saturated rings. The Balaban J connectivity index is 1.69. The molecule has 1 aromatic carbocycles. The minimum Gasteiger partial charge on any atom is -0.489 e. The van der Waals surface area contributed by atoms with Crippen molar-refractivity contribution in [3.63, 3.8) is 0 Å². The standard InChI is InChI=1S/C21H27N3O2/c1-15(2)26-20-9-5-4-8-18(20)23-17-10-11-19(22-13-17)21(25)24-12-6-7-16(3)14-24/h4-5,8-11,13,15-16,23H,6-7,12,14H2,1-3H3. The van der Waals surface area contributed by atoms with Crippen LogP contribution in [0.1, 0.15) is 44.1 Å². The number of aromatic nitrogens is 1. The Morgan fingerprint density at radius 3 is 2.77 bits per heavy atom. The first-order chi connectivity index (χ1) is 12.5. The Kier molecular flexibility index (Phi) is 5.76. The summed E-state index contributed by atoms with van der Waals surface area (Å²) in [7, 11) is 0. The average Bonchev–Trinajstić information content (AvgIpc) is 2.63. The van der Waals surface area contributed by atoms with Gasteiger partial charge in [-0.05, 0) is 56.9 Å². The van der Waals surface area contributed by atoms with Gasteiger partial charge in [0.05, 0.1) is 23.7 Å². The maximum absolute atomic E-state index is 12.6. The van der Waals surface area contributed by atoms with Crippen molar-refractivity contribution < 1.29 is 9.53 Å². The van der Waals surface area contributed by atoms with E-state index >= 15 is 0 Å². The predicted octanol–water partition coefficient (Wildman–Crippen LogP) is 4.48. The number of ether oxygens (including phenoxy) is 1. The second-order valence-electron chi connectivity index (χ2n) is 7.22. The average molecular weight is 353 g/mol. The number of carbonyl (C=O) groups excluding carboxylic acids is 1. The van der Waals surface area contributed by atoms with Crippen molar-refractivity contribution in [3.05, 3.63) is 48.3 Å². The molecule has 1 atom stereocenters. The maximum Gasteiger partial charge on any atom is 0.272 e. The Morgan fingerprint density at radius 1 is 1.27 bits per heavy atom. The highest BCUT2D eigenvalue weighted by Crippen LogP contribution is 2.28. The van der Waals surface area contributed by atoms with E-state index in [9.17, 15) is 4.79 Å². The molecule has 1 unspecified atom stereocenters. The van der Waals surface area contributed by atoms with E-state index in [1.807, 2.05) is 49.1 Å². The fourth-order valence-corrected chi connectivity index (χ4v) is 3.21. The number of anilines is 2. The van der Waals surface area contributed by atoms with Crippen LogP contribution in [0.25, 0.3) is 0 Å². The van der Waals surface area contributed by atoms with Crippen molar-refractivity contribution in [2.75, 3.05) is 18.4 Å². The third kappa shape index (κ3) is 4.54. The number of amides is 1. The van der Waals surface area contributed by atoms with Crippen LogP contribution in [0, 0.1) is 5.92 Å². The fraction of sp³-hybridized carbons (Fsp3) is 0.429. The number of hydrogen-bond donors (Lipinski definition) is 1. The zero-order valence-corrected chi connectivity index (χ0v) is 15.7. The SMILES string of the molecule is CC1CCCN(C(=O)c2ccc(Nc3ccccc3OC(C)C)cn2)C1. The number of piperidine rings is 1. The van der Waals surface area contributed by atoms with Gasteiger partial charge < -0.3 is 15.0 Å². The Labute approximate surface area is 155 Å². The first-order valence-electron chi connectivity index (χ1n) is 9.31. The lowest BCUT2D eigenvalue weighted by Gasteiger charge is -2.30. The highest BCUT2D eigenvalue weighted by molar-refractivity contribution is 5.92. The molecule has 0 aliphatic carbocycles. The number of carbonyl (C=O) groups is 1. The molecule has 1 N–H and O–H groups in total. The molecule has 1 aliphatic rings. The summed E-state index contributed by atoms with van der Waals surface area (Å²) >= 11 is 0. The van der Waals surface area contributed by atoms with Gasteiger partial charge in [-0.15, -0.1) is 0 Å². The second kappa shape index (κ2) is 8.21. The predicted molar refractivity (Wildman–Crippen MR) is 104 cm³/mol. The van der Waals surface area contributed by atoms with Crippen LogP contribution in [0.5, 0.6) is 5.75 Å². The van der Waals surface area contributed by atoms with Crippen LogP contribution in [0.3, 0.4) is 0 Å². The van der Waals surface area contributed by atoms with E-state index in [4.69, 9.17) is 4.74 Å². The Hall–Kier alpha value is -2.56. The first kappa shape index (κ1) is 18.2. The van der Waals surface area contributed by atoms with Gasteiger partial charge in [-0.25, -0.2) is 4.98 Å². The summed E-state index contributed by atoms with van der Waals surface area (Å²) < 4.78 is 5.83. The van der Waals surface area contributed by atoms with Gasteiger partial charge in [-0.1, -0.05) is 19.1 Å². The summed E-state index contributed by atoms with van der Waals surface area (Å²) in [6.07, 6.45) is 4.06. The van der Waals surface area contributed by atoms with Gasteiger partial charge in [0.2, 0.25) is 0 Å². The van der Waals surface area contributed by atoms with Crippen LogP contribution in [-0.4, -0.2) is 35.0 Å². The molecule has 1 saturated heterocycles. The van der Waals surface area contributed by atoms with E-state index in [2.05, 4.69) is 17.2 Å². The molecule has 2 heterocycles. The molecule has 5 nitrogen and oxygen atoms in total. The summed E-state index contributed by atoms with van der Waals surface area (Å²) in [6.45, 7) is 7.84. The number of nitrogens with one attached hydrogen (secondary N) is 1. The van der Waals surface area contributed by atoms with Crippen LogP contribution >= 0.6 is 0 Å². The smallest absolute Gasteiger partial charge is 0.272 e. The molecule has 1 aliphatic heterocycles. The van der Waals surface area contributed by atoms with Crippen LogP contribution in [-0.2, 0) is 0 Å². The highest BCUT2D eigenvalue weighted by atomic mass is 16.5. The van der Waals surface area contributed by atoms with Crippen molar-refractivity contribution in [1.29, 1.82) is 0 Å². The molecule has 0 saturated carbocycles. The summed E-state index contributed by atoms with van der Waals surface area (Å²) in [4.78, 5) is 18.9. The van der Waals surface area contributed by atoms with E-state index in [1.165, 1.54) is 6.42 Å². The van der Waals surface area contributed by atoms with Gasteiger partial charge in [-0.2, -0.15) is 0 Å². The quantitative estimate of drug-likeness (QED) is 0.861. The topological polar surface area (TPSA) is 54.5 Å². The molecule has 26 heavy (non-hydrogen) atoms. The number of benzene rings is 1. The number of hydrogen-bond acceptors (Lipinski definition) is 4. The number of nitrogens with zero attached hydrogens (tertiary/aromatic N) is 2. The van der Waals surface area contributed by atoms with E-state index < -0.39 is 0 Å². The number of rotatable bonds is 5. The van der Waals surface area contributed by atoms with E-state index in [0.29, 0.717) is 11.6 Å². The van der Waals surface area contributed by atoms with Gasteiger partial charge in [0.1, 0.15) is 11.4 Å². The molecule has 2 aromatic rings. The van der Waals surface area contributed by atoms with Crippen molar-refractivity contribution in [3.8, 4) is 5.75 Å². The molecule has 0 bridgehead atoms. The molecule has 5 heteroatoms.